The Morgan fingerprint density at radius 1 is 1.57 bits per heavy atom. The number of amides is 1. The maximum Gasteiger partial charge on any atom is 0.329 e. The van der Waals surface area contributed by atoms with Gasteiger partial charge in [-0.1, -0.05) is 13.3 Å². The van der Waals surface area contributed by atoms with Crippen LogP contribution in [0.1, 0.15) is 32.6 Å². The van der Waals surface area contributed by atoms with Gasteiger partial charge in [-0.3, -0.25) is 4.79 Å². The number of hydrogen-bond acceptors (Lipinski definition) is 3. The summed E-state index contributed by atoms with van der Waals surface area (Å²) < 4.78 is 0. The largest absolute Gasteiger partial charge is 0.480 e. The number of carbonyl (C=O) groups is 2. The minimum absolute atomic E-state index is 0.355. The third-order valence-electron chi connectivity index (χ3n) is 2.46. The Bertz CT molecular complexity index is 248. The molecule has 4 N–H and O–H groups in total. The van der Waals surface area contributed by atoms with E-state index in [9.17, 15) is 9.59 Å². The van der Waals surface area contributed by atoms with Gasteiger partial charge in [0.15, 0.2) is 0 Å². The molecular formula is C9H16N2O3. The fourth-order valence-electron chi connectivity index (χ4n) is 1.29. The van der Waals surface area contributed by atoms with Gasteiger partial charge in [0.2, 0.25) is 5.91 Å². The van der Waals surface area contributed by atoms with Crippen LogP contribution >= 0.6 is 0 Å². The Morgan fingerprint density at radius 3 is 2.50 bits per heavy atom. The molecule has 0 saturated heterocycles. The quantitative estimate of drug-likeness (QED) is 0.575. The molecule has 80 valence electrons. The average Bonchev–Trinajstić information content (AvgIpc) is 2.86. The Hall–Kier alpha value is -1.10. The Kier molecular flexibility index (Phi) is 3.10. The van der Waals surface area contributed by atoms with Crippen LogP contribution < -0.4 is 11.1 Å². The molecule has 14 heavy (non-hydrogen) atoms. The molecule has 0 aliphatic heterocycles. The van der Waals surface area contributed by atoms with Gasteiger partial charge in [0.25, 0.3) is 0 Å². The van der Waals surface area contributed by atoms with Crippen molar-refractivity contribution in [2.24, 2.45) is 5.73 Å². The van der Waals surface area contributed by atoms with Gasteiger partial charge in [0, 0.05) is 0 Å². The van der Waals surface area contributed by atoms with E-state index < -0.39 is 17.6 Å². The average molecular weight is 200 g/mol. The SMILES string of the molecule is CCC[C@@H](N)C(=O)NC1(C(=O)O)CC1. The van der Waals surface area contributed by atoms with Gasteiger partial charge in [-0.2, -0.15) is 0 Å². The second kappa shape index (κ2) is 3.96. The fourth-order valence-corrected chi connectivity index (χ4v) is 1.29. The van der Waals surface area contributed by atoms with Crippen molar-refractivity contribution < 1.29 is 14.7 Å². The smallest absolute Gasteiger partial charge is 0.329 e. The monoisotopic (exact) mass is 200 g/mol. The molecule has 0 bridgehead atoms. The summed E-state index contributed by atoms with van der Waals surface area (Å²) in [7, 11) is 0. The van der Waals surface area contributed by atoms with Crippen molar-refractivity contribution in [2.75, 3.05) is 0 Å². The first-order chi connectivity index (χ1) is 6.52. The highest BCUT2D eigenvalue weighted by Crippen LogP contribution is 2.35. The molecule has 0 aromatic heterocycles. The van der Waals surface area contributed by atoms with E-state index in [2.05, 4.69) is 5.32 Å². The van der Waals surface area contributed by atoms with Crippen molar-refractivity contribution in [3.8, 4) is 0 Å². The molecule has 1 aliphatic rings. The first-order valence-corrected chi connectivity index (χ1v) is 4.83. The second-order valence-electron chi connectivity index (χ2n) is 3.77. The Balaban J connectivity index is 2.44. The van der Waals surface area contributed by atoms with Crippen LogP contribution in [0, 0.1) is 0 Å². The summed E-state index contributed by atoms with van der Waals surface area (Å²) in [6.45, 7) is 1.93. The second-order valence-corrected chi connectivity index (χ2v) is 3.77. The highest BCUT2D eigenvalue weighted by atomic mass is 16.4. The third-order valence-corrected chi connectivity index (χ3v) is 2.46. The summed E-state index contributed by atoms with van der Waals surface area (Å²) in [5.74, 6) is -1.32. The lowest BCUT2D eigenvalue weighted by molar-refractivity contribution is -0.143. The first kappa shape index (κ1) is 11.0. The van der Waals surface area contributed by atoms with Crippen LogP contribution in [0.25, 0.3) is 0 Å². The van der Waals surface area contributed by atoms with E-state index in [0.29, 0.717) is 19.3 Å². The highest BCUT2D eigenvalue weighted by molar-refractivity contribution is 5.91. The standard InChI is InChI=1S/C9H16N2O3/c1-2-3-6(10)7(12)11-9(4-5-9)8(13)14/h6H,2-5,10H2,1H3,(H,11,12)(H,13,14)/t6-/m1/s1. The van der Waals surface area contributed by atoms with Gasteiger partial charge in [0.05, 0.1) is 6.04 Å². The summed E-state index contributed by atoms with van der Waals surface area (Å²) in [5, 5.41) is 11.3. The van der Waals surface area contributed by atoms with E-state index >= 15 is 0 Å². The van der Waals surface area contributed by atoms with Gasteiger partial charge >= 0.3 is 5.97 Å². The van der Waals surface area contributed by atoms with Crippen molar-refractivity contribution in [3.05, 3.63) is 0 Å². The summed E-state index contributed by atoms with van der Waals surface area (Å²) in [5.41, 5.74) is 4.55. The zero-order valence-electron chi connectivity index (χ0n) is 8.25. The molecule has 1 aliphatic carbocycles. The molecule has 1 saturated carbocycles. The number of hydrogen-bond donors (Lipinski definition) is 3. The topological polar surface area (TPSA) is 92.4 Å². The molecule has 0 unspecified atom stereocenters. The van der Waals surface area contributed by atoms with E-state index in [1.165, 1.54) is 0 Å². The molecule has 0 aromatic carbocycles. The normalized spacial score (nSPS) is 19.9. The molecule has 0 spiro atoms. The van der Waals surface area contributed by atoms with Crippen LogP contribution in [-0.2, 0) is 9.59 Å². The van der Waals surface area contributed by atoms with Crippen molar-refractivity contribution in [3.63, 3.8) is 0 Å². The number of nitrogens with two attached hydrogens (primary N) is 1. The van der Waals surface area contributed by atoms with Crippen LogP contribution in [-0.4, -0.2) is 28.6 Å². The van der Waals surface area contributed by atoms with Crippen LogP contribution in [0.3, 0.4) is 0 Å². The van der Waals surface area contributed by atoms with Crippen molar-refractivity contribution in [2.45, 2.75) is 44.2 Å². The van der Waals surface area contributed by atoms with Crippen molar-refractivity contribution in [1.82, 2.24) is 5.32 Å². The van der Waals surface area contributed by atoms with Crippen LogP contribution in [0.5, 0.6) is 0 Å². The van der Waals surface area contributed by atoms with Gasteiger partial charge in [0.1, 0.15) is 5.54 Å². The number of carbonyl (C=O) groups excluding carboxylic acids is 1. The maximum absolute atomic E-state index is 11.4. The molecule has 0 radical (unpaired) electrons. The minimum atomic E-state index is -1.01. The molecule has 1 rings (SSSR count). The molecule has 5 heteroatoms. The molecule has 5 nitrogen and oxygen atoms in total. The predicted octanol–water partition coefficient (Wildman–Crippen LogP) is -0.153. The van der Waals surface area contributed by atoms with Crippen LogP contribution in [0.4, 0.5) is 0 Å². The Labute approximate surface area is 82.7 Å². The number of rotatable bonds is 5. The number of aliphatic carboxylic acids is 1. The summed E-state index contributed by atoms with van der Waals surface area (Å²) in [4.78, 5) is 22.1. The van der Waals surface area contributed by atoms with Crippen molar-refractivity contribution >= 4 is 11.9 Å². The van der Waals surface area contributed by atoms with E-state index in [1.807, 2.05) is 6.92 Å². The number of nitrogens with one attached hydrogen (secondary N) is 1. The van der Waals surface area contributed by atoms with E-state index in [4.69, 9.17) is 10.8 Å². The molecular weight excluding hydrogens is 184 g/mol. The summed E-state index contributed by atoms with van der Waals surface area (Å²) in [6.07, 6.45) is 2.41. The zero-order valence-corrected chi connectivity index (χ0v) is 8.25. The number of carboxylic acids is 1. The first-order valence-electron chi connectivity index (χ1n) is 4.83. The summed E-state index contributed by atoms with van der Waals surface area (Å²) in [6, 6.07) is -0.586. The van der Waals surface area contributed by atoms with Crippen LogP contribution in [0.15, 0.2) is 0 Å². The van der Waals surface area contributed by atoms with E-state index in [-0.39, 0.29) is 5.91 Å². The van der Waals surface area contributed by atoms with Crippen molar-refractivity contribution in [1.29, 1.82) is 0 Å². The van der Waals surface area contributed by atoms with Gasteiger partial charge < -0.3 is 16.2 Å². The molecule has 0 heterocycles. The molecule has 1 atom stereocenters. The predicted molar refractivity (Wildman–Crippen MR) is 50.6 cm³/mol. The minimum Gasteiger partial charge on any atom is -0.480 e. The lowest BCUT2D eigenvalue weighted by Gasteiger charge is -2.16. The third kappa shape index (κ3) is 2.23. The van der Waals surface area contributed by atoms with Gasteiger partial charge in [-0.05, 0) is 19.3 Å². The molecule has 1 amide bonds. The Morgan fingerprint density at radius 2 is 2.14 bits per heavy atom. The number of carboxylic acid groups (broad SMARTS) is 1. The molecule has 1 fully saturated rings. The van der Waals surface area contributed by atoms with Gasteiger partial charge in [-0.15, -0.1) is 0 Å². The van der Waals surface area contributed by atoms with E-state index in [1.54, 1.807) is 0 Å². The van der Waals surface area contributed by atoms with Crippen LogP contribution in [0.2, 0.25) is 0 Å². The maximum atomic E-state index is 11.4. The zero-order chi connectivity index (χ0) is 10.8. The summed E-state index contributed by atoms with van der Waals surface area (Å²) >= 11 is 0. The lowest BCUT2D eigenvalue weighted by atomic mass is 10.1. The highest BCUT2D eigenvalue weighted by Gasteiger charge is 2.51. The van der Waals surface area contributed by atoms with E-state index in [0.717, 1.165) is 6.42 Å². The van der Waals surface area contributed by atoms with Gasteiger partial charge in [-0.25, -0.2) is 4.79 Å². The lowest BCUT2D eigenvalue weighted by Crippen LogP contribution is -2.50. The molecule has 0 aromatic rings. The fraction of sp³-hybridized carbons (Fsp3) is 0.778.